The van der Waals surface area contributed by atoms with Gasteiger partial charge in [0.15, 0.2) is 22.7 Å². The number of ketones is 1. The van der Waals surface area contributed by atoms with Gasteiger partial charge in [0, 0.05) is 29.8 Å². The number of benzene rings is 1. The third kappa shape index (κ3) is 2.22. The zero-order chi connectivity index (χ0) is 17.7. The molecule has 0 saturated carbocycles. The van der Waals surface area contributed by atoms with Crippen LogP contribution in [0.3, 0.4) is 0 Å². The Hall–Kier alpha value is -2.56. The van der Waals surface area contributed by atoms with Crippen molar-refractivity contribution in [1.29, 1.82) is 0 Å². The minimum absolute atomic E-state index is 0.0113. The number of ether oxygens (including phenoxy) is 2. The number of hydrogen-bond acceptors (Lipinski definition) is 4. The molecule has 1 aromatic carbocycles. The van der Waals surface area contributed by atoms with E-state index >= 15 is 0 Å². The number of pyridine rings is 1. The van der Waals surface area contributed by atoms with Crippen molar-refractivity contribution in [3.8, 4) is 22.8 Å². The predicted octanol–water partition coefficient (Wildman–Crippen LogP) is 2.92. The van der Waals surface area contributed by atoms with E-state index in [4.69, 9.17) is 9.47 Å². The Morgan fingerprint density at radius 2 is 1.72 bits per heavy atom. The lowest BCUT2D eigenvalue weighted by molar-refractivity contribution is 0.0969. The summed E-state index contributed by atoms with van der Waals surface area (Å²) in [5, 5.41) is 0. The summed E-state index contributed by atoms with van der Waals surface area (Å²) in [6.45, 7) is 2.59. The zero-order valence-corrected chi connectivity index (χ0v) is 14.8. The lowest BCUT2D eigenvalue weighted by Crippen LogP contribution is -2.32. The zero-order valence-electron chi connectivity index (χ0n) is 14.8. The number of nitrogens with zero attached hydrogens (tertiary/aromatic N) is 1. The van der Waals surface area contributed by atoms with Crippen molar-refractivity contribution in [2.45, 2.75) is 39.2 Å². The number of aromatic nitrogens is 1. The molecule has 0 fully saturated rings. The molecule has 1 aliphatic heterocycles. The average molecular weight is 339 g/mol. The third-order valence-corrected chi connectivity index (χ3v) is 5.37. The number of rotatable bonds is 2. The Balaban J connectivity index is 2.05. The van der Waals surface area contributed by atoms with E-state index in [1.807, 2.05) is 19.1 Å². The fraction of sp³-hybridized carbons (Fsp3) is 0.400. The summed E-state index contributed by atoms with van der Waals surface area (Å²) in [7, 11) is 3.23. The van der Waals surface area contributed by atoms with Gasteiger partial charge >= 0.3 is 0 Å². The molecule has 0 radical (unpaired) electrons. The molecule has 5 nitrogen and oxygen atoms in total. The summed E-state index contributed by atoms with van der Waals surface area (Å²) in [6, 6.07) is 3.94. The minimum atomic E-state index is -0.117. The molecular weight excluding hydrogens is 318 g/mol. The van der Waals surface area contributed by atoms with Gasteiger partial charge in [-0.25, -0.2) is 0 Å². The van der Waals surface area contributed by atoms with Gasteiger partial charge in [-0.1, -0.05) is 0 Å². The molecule has 2 aromatic rings. The molecule has 0 spiro atoms. The second-order valence-corrected chi connectivity index (χ2v) is 6.67. The van der Waals surface area contributed by atoms with Crippen LogP contribution in [0.1, 0.15) is 40.0 Å². The van der Waals surface area contributed by atoms with Gasteiger partial charge in [-0.05, 0) is 43.9 Å². The summed E-state index contributed by atoms with van der Waals surface area (Å²) < 4.78 is 13.0. The topological polar surface area (TPSA) is 57.5 Å². The van der Waals surface area contributed by atoms with Crippen molar-refractivity contribution in [1.82, 2.24) is 4.57 Å². The van der Waals surface area contributed by atoms with Crippen molar-refractivity contribution in [2.75, 3.05) is 14.2 Å². The van der Waals surface area contributed by atoms with E-state index in [2.05, 4.69) is 4.57 Å². The SMILES string of the molecule is COc1cc2c(cc1OC)-c1c(C)c(=O)c3c(n1CC2)CCCC3=O. The van der Waals surface area contributed by atoms with Crippen LogP contribution in [0.4, 0.5) is 0 Å². The van der Waals surface area contributed by atoms with Crippen LogP contribution >= 0.6 is 0 Å². The molecule has 0 amide bonds. The smallest absolute Gasteiger partial charge is 0.196 e. The quantitative estimate of drug-likeness (QED) is 0.844. The average Bonchev–Trinajstić information content (AvgIpc) is 2.63. The number of Topliss-reactive ketones (excluding diaryl/α,β-unsaturated/α-hetero) is 1. The van der Waals surface area contributed by atoms with E-state index in [1.54, 1.807) is 14.2 Å². The molecule has 0 saturated heterocycles. The summed E-state index contributed by atoms with van der Waals surface area (Å²) in [6.07, 6.45) is 2.91. The van der Waals surface area contributed by atoms with Crippen molar-refractivity contribution < 1.29 is 14.3 Å². The first-order chi connectivity index (χ1) is 12.1. The molecule has 0 bridgehead atoms. The molecule has 130 valence electrons. The number of methoxy groups -OCH3 is 2. The molecule has 5 heteroatoms. The van der Waals surface area contributed by atoms with Crippen LogP contribution in [0.2, 0.25) is 0 Å². The first kappa shape index (κ1) is 15.9. The number of aryl methyl sites for hydroxylation is 1. The minimum Gasteiger partial charge on any atom is -0.493 e. The Labute approximate surface area is 146 Å². The molecule has 4 rings (SSSR count). The number of hydrogen-bond donors (Lipinski definition) is 0. The monoisotopic (exact) mass is 339 g/mol. The van der Waals surface area contributed by atoms with Crippen molar-refractivity contribution in [3.63, 3.8) is 0 Å². The van der Waals surface area contributed by atoms with Gasteiger partial charge in [-0.15, -0.1) is 0 Å². The Kier molecular flexibility index (Phi) is 3.67. The van der Waals surface area contributed by atoms with Gasteiger partial charge in [-0.2, -0.15) is 0 Å². The molecule has 0 N–H and O–H groups in total. The van der Waals surface area contributed by atoms with Gasteiger partial charge < -0.3 is 14.0 Å². The van der Waals surface area contributed by atoms with Crippen LogP contribution in [0.25, 0.3) is 11.3 Å². The molecule has 25 heavy (non-hydrogen) atoms. The highest BCUT2D eigenvalue weighted by atomic mass is 16.5. The maximum atomic E-state index is 12.9. The normalized spacial score (nSPS) is 15.2. The molecule has 0 atom stereocenters. The van der Waals surface area contributed by atoms with Crippen LogP contribution in [0.5, 0.6) is 11.5 Å². The van der Waals surface area contributed by atoms with E-state index in [0.29, 0.717) is 29.0 Å². The highest BCUT2D eigenvalue weighted by molar-refractivity contribution is 5.98. The fourth-order valence-corrected chi connectivity index (χ4v) is 4.16. The Morgan fingerprint density at radius 3 is 2.44 bits per heavy atom. The maximum absolute atomic E-state index is 12.9. The predicted molar refractivity (Wildman–Crippen MR) is 95.0 cm³/mol. The van der Waals surface area contributed by atoms with Crippen molar-refractivity contribution in [3.05, 3.63) is 44.7 Å². The Bertz CT molecular complexity index is 955. The van der Waals surface area contributed by atoms with Gasteiger partial charge in [0.2, 0.25) is 0 Å². The molecule has 1 aromatic heterocycles. The third-order valence-electron chi connectivity index (χ3n) is 5.37. The number of carbonyl (C=O) groups is 1. The van der Waals surface area contributed by atoms with Gasteiger partial charge in [0.1, 0.15) is 0 Å². The second-order valence-electron chi connectivity index (χ2n) is 6.67. The lowest BCUT2D eigenvalue weighted by Gasteiger charge is -2.30. The van der Waals surface area contributed by atoms with Gasteiger partial charge in [0.25, 0.3) is 0 Å². The lowest BCUT2D eigenvalue weighted by atomic mass is 9.87. The van der Waals surface area contributed by atoms with E-state index in [0.717, 1.165) is 48.3 Å². The first-order valence-electron chi connectivity index (χ1n) is 8.61. The van der Waals surface area contributed by atoms with Crippen LogP contribution in [-0.2, 0) is 19.4 Å². The summed E-state index contributed by atoms with van der Waals surface area (Å²) in [5.41, 5.74) is 4.90. The summed E-state index contributed by atoms with van der Waals surface area (Å²) in [4.78, 5) is 25.2. The van der Waals surface area contributed by atoms with Crippen LogP contribution < -0.4 is 14.9 Å². The molecular formula is C20H21NO4. The fourth-order valence-electron chi connectivity index (χ4n) is 4.16. The Morgan fingerprint density at radius 1 is 1.00 bits per heavy atom. The van der Waals surface area contributed by atoms with Crippen molar-refractivity contribution >= 4 is 5.78 Å². The van der Waals surface area contributed by atoms with E-state index < -0.39 is 0 Å². The molecule has 1 aliphatic carbocycles. The second kappa shape index (κ2) is 5.76. The summed E-state index contributed by atoms with van der Waals surface area (Å²) in [5.74, 6) is 1.33. The van der Waals surface area contributed by atoms with E-state index in [9.17, 15) is 9.59 Å². The molecule has 2 aliphatic rings. The molecule has 2 heterocycles. The number of fused-ring (bicyclic) bond motifs is 5. The largest absolute Gasteiger partial charge is 0.493 e. The maximum Gasteiger partial charge on any atom is 0.196 e. The van der Waals surface area contributed by atoms with Crippen LogP contribution in [0, 0.1) is 6.92 Å². The summed E-state index contributed by atoms with van der Waals surface area (Å²) >= 11 is 0. The van der Waals surface area contributed by atoms with E-state index in [-0.39, 0.29) is 11.2 Å². The van der Waals surface area contributed by atoms with Crippen molar-refractivity contribution in [2.24, 2.45) is 0 Å². The van der Waals surface area contributed by atoms with Crippen LogP contribution in [-0.4, -0.2) is 24.6 Å². The molecule has 0 unspecified atom stereocenters. The standard InChI is InChI=1S/C20H21NO4/c1-11-19-13-10-17(25-3)16(24-2)9-12(13)7-8-21(19)14-5-4-6-15(22)18(14)20(11)23/h9-10H,4-8H2,1-3H3. The first-order valence-corrected chi connectivity index (χ1v) is 8.61. The highest BCUT2D eigenvalue weighted by Gasteiger charge is 2.30. The van der Waals surface area contributed by atoms with Crippen LogP contribution in [0.15, 0.2) is 16.9 Å². The van der Waals surface area contributed by atoms with Gasteiger partial charge in [0.05, 0.1) is 25.5 Å². The van der Waals surface area contributed by atoms with Gasteiger partial charge in [-0.3, -0.25) is 9.59 Å². The highest BCUT2D eigenvalue weighted by Crippen LogP contribution is 2.40. The van der Waals surface area contributed by atoms with E-state index in [1.165, 1.54) is 0 Å². The number of carbonyl (C=O) groups excluding carboxylic acids is 1.